The maximum Gasteiger partial charge on any atom is 0.325 e. The smallest absolute Gasteiger partial charge is 0.325 e. The lowest BCUT2D eigenvalue weighted by molar-refractivity contribution is -0.145. The van der Waals surface area contributed by atoms with Gasteiger partial charge in [0.2, 0.25) is 0 Å². The van der Waals surface area contributed by atoms with Gasteiger partial charge in [-0.25, -0.2) is 0 Å². The maximum atomic E-state index is 10.9. The Balaban J connectivity index is 2.54. The molecule has 2 N–H and O–H groups in total. The Morgan fingerprint density at radius 2 is 2.36 bits per heavy atom. The molecule has 1 aliphatic heterocycles. The molecule has 64 valence electrons. The first-order valence-corrected chi connectivity index (χ1v) is 3.66. The van der Waals surface area contributed by atoms with Crippen molar-refractivity contribution in [1.29, 1.82) is 0 Å². The van der Waals surface area contributed by atoms with Gasteiger partial charge < -0.3 is 15.2 Å². The SMILES string of the molecule is COC(=O)[C@H]1NC[C@H](C)[C@@H]1O. The summed E-state index contributed by atoms with van der Waals surface area (Å²) in [6.45, 7) is 2.56. The third kappa shape index (κ3) is 1.52. The van der Waals surface area contributed by atoms with E-state index < -0.39 is 12.1 Å². The van der Waals surface area contributed by atoms with Crippen molar-refractivity contribution in [2.45, 2.75) is 19.1 Å². The molecule has 1 saturated heterocycles. The van der Waals surface area contributed by atoms with Gasteiger partial charge in [-0.1, -0.05) is 6.92 Å². The summed E-state index contributed by atoms with van der Waals surface area (Å²) in [6, 6.07) is -0.532. The van der Waals surface area contributed by atoms with Crippen LogP contribution in [0.15, 0.2) is 0 Å². The van der Waals surface area contributed by atoms with E-state index in [1.165, 1.54) is 7.11 Å². The van der Waals surface area contributed by atoms with Crippen molar-refractivity contribution in [3.05, 3.63) is 0 Å². The van der Waals surface area contributed by atoms with Crippen LogP contribution >= 0.6 is 0 Å². The van der Waals surface area contributed by atoms with E-state index in [0.29, 0.717) is 6.54 Å². The monoisotopic (exact) mass is 159 g/mol. The van der Waals surface area contributed by atoms with Gasteiger partial charge >= 0.3 is 5.97 Å². The van der Waals surface area contributed by atoms with Crippen molar-refractivity contribution in [3.8, 4) is 0 Å². The van der Waals surface area contributed by atoms with E-state index in [-0.39, 0.29) is 11.9 Å². The highest BCUT2D eigenvalue weighted by molar-refractivity contribution is 5.76. The van der Waals surface area contributed by atoms with Crippen LogP contribution in [0, 0.1) is 5.92 Å². The van der Waals surface area contributed by atoms with Crippen LogP contribution in [0.1, 0.15) is 6.92 Å². The number of nitrogens with one attached hydrogen (secondary N) is 1. The van der Waals surface area contributed by atoms with E-state index in [9.17, 15) is 9.90 Å². The summed E-state index contributed by atoms with van der Waals surface area (Å²) >= 11 is 0. The molecule has 0 unspecified atom stereocenters. The van der Waals surface area contributed by atoms with Gasteiger partial charge in [0.15, 0.2) is 0 Å². The predicted molar refractivity (Wildman–Crippen MR) is 39.0 cm³/mol. The molecule has 0 bridgehead atoms. The number of carbonyl (C=O) groups excluding carboxylic acids is 1. The number of aliphatic hydroxyl groups is 1. The Labute approximate surface area is 65.5 Å². The molecule has 0 radical (unpaired) electrons. The average molecular weight is 159 g/mol. The number of hydrogen-bond donors (Lipinski definition) is 2. The van der Waals surface area contributed by atoms with Crippen LogP contribution in [0.25, 0.3) is 0 Å². The van der Waals surface area contributed by atoms with E-state index in [0.717, 1.165) is 0 Å². The molecule has 11 heavy (non-hydrogen) atoms. The highest BCUT2D eigenvalue weighted by Gasteiger charge is 2.36. The molecule has 1 fully saturated rings. The lowest BCUT2D eigenvalue weighted by atomic mass is 10.0. The number of carbonyl (C=O) groups is 1. The van der Waals surface area contributed by atoms with Gasteiger partial charge in [-0.3, -0.25) is 4.79 Å². The topological polar surface area (TPSA) is 58.6 Å². The lowest BCUT2D eigenvalue weighted by Crippen LogP contribution is -2.39. The molecule has 1 rings (SSSR count). The summed E-state index contributed by atoms with van der Waals surface area (Å²) in [4.78, 5) is 10.9. The van der Waals surface area contributed by atoms with Gasteiger partial charge in [-0.05, 0) is 5.92 Å². The van der Waals surface area contributed by atoms with Gasteiger partial charge in [0.1, 0.15) is 6.04 Å². The third-order valence-electron chi connectivity index (χ3n) is 2.04. The number of ether oxygens (including phenoxy) is 1. The van der Waals surface area contributed by atoms with Crippen molar-refractivity contribution in [1.82, 2.24) is 5.32 Å². The van der Waals surface area contributed by atoms with Crippen molar-refractivity contribution in [3.63, 3.8) is 0 Å². The molecular weight excluding hydrogens is 146 g/mol. The minimum absolute atomic E-state index is 0.124. The first-order chi connectivity index (χ1) is 5.16. The van der Waals surface area contributed by atoms with Gasteiger partial charge in [0.05, 0.1) is 13.2 Å². The van der Waals surface area contributed by atoms with E-state index in [4.69, 9.17) is 0 Å². The van der Waals surface area contributed by atoms with Crippen LogP contribution in [0.4, 0.5) is 0 Å². The molecule has 4 nitrogen and oxygen atoms in total. The van der Waals surface area contributed by atoms with Crippen LogP contribution in [0.2, 0.25) is 0 Å². The van der Waals surface area contributed by atoms with Crippen molar-refractivity contribution >= 4 is 5.97 Å². The third-order valence-corrected chi connectivity index (χ3v) is 2.04. The Bertz CT molecular complexity index is 160. The molecule has 1 aliphatic rings. The first-order valence-electron chi connectivity index (χ1n) is 3.66. The maximum absolute atomic E-state index is 10.9. The fourth-order valence-electron chi connectivity index (χ4n) is 1.23. The predicted octanol–water partition coefficient (Wildman–Crippen LogP) is -0.872. The van der Waals surface area contributed by atoms with E-state index in [1.54, 1.807) is 0 Å². The largest absolute Gasteiger partial charge is 0.468 e. The molecule has 0 amide bonds. The minimum atomic E-state index is -0.609. The van der Waals surface area contributed by atoms with Crippen LogP contribution in [-0.2, 0) is 9.53 Å². The Kier molecular flexibility index (Phi) is 2.46. The number of aliphatic hydroxyl groups excluding tert-OH is 1. The summed E-state index contributed by atoms with van der Waals surface area (Å²) in [5.41, 5.74) is 0. The average Bonchev–Trinajstić information content (AvgIpc) is 2.32. The molecular formula is C7H13NO3. The summed E-state index contributed by atoms with van der Waals surface area (Å²) in [7, 11) is 1.32. The Hall–Kier alpha value is -0.610. The van der Waals surface area contributed by atoms with E-state index >= 15 is 0 Å². The fraction of sp³-hybridized carbons (Fsp3) is 0.857. The fourth-order valence-corrected chi connectivity index (χ4v) is 1.23. The van der Waals surface area contributed by atoms with Gasteiger partial charge in [0.25, 0.3) is 0 Å². The van der Waals surface area contributed by atoms with Crippen LogP contribution in [0.3, 0.4) is 0 Å². The van der Waals surface area contributed by atoms with E-state index in [2.05, 4.69) is 10.1 Å². The van der Waals surface area contributed by atoms with Crippen molar-refractivity contribution < 1.29 is 14.6 Å². The minimum Gasteiger partial charge on any atom is -0.468 e. The van der Waals surface area contributed by atoms with Gasteiger partial charge in [-0.2, -0.15) is 0 Å². The second kappa shape index (κ2) is 3.19. The molecule has 0 aromatic carbocycles. The zero-order valence-electron chi connectivity index (χ0n) is 6.70. The van der Waals surface area contributed by atoms with Gasteiger partial charge in [-0.15, -0.1) is 0 Å². The van der Waals surface area contributed by atoms with Crippen LogP contribution < -0.4 is 5.32 Å². The molecule has 0 aliphatic carbocycles. The summed E-state index contributed by atoms with van der Waals surface area (Å²) in [5.74, 6) is -0.263. The molecule has 0 aromatic heterocycles. The Morgan fingerprint density at radius 1 is 1.73 bits per heavy atom. The second-order valence-corrected chi connectivity index (χ2v) is 2.88. The van der Waals surface area contributed by atoms with Crippen molar-refractivity contribution in [2.24, 2.45) is 5.92 Å². The Morgan fingerprint density at radius 3 is 2.73 bits per heavy atom. The second-order valence-electron chi connectivity index (χ2n) is 2.88. The molecule has 4 heteroatoms. The number of methoxy groups -OCH3 is 1. The molecule has 0 spiro atoms. The highest BCUT2D eigenvalue weighted by Crippen LogP contribution is 2.14. The van der Waals surface area contributed by atoms with Gasteiger partial charge in [0, 0.05) is 6.54 Å². The lowest BCUT2D eigenvalue weighted by Gasteiger charge is -2.13. The summed E-state index contributed by atoms with van der Waals surface area (Å²) < 4.78 is 4.49. The number of esters is 1. The van der Waals surface area contributed by atoms with Crippen molar-refractivity contribution in [2.75, 3.05) is 13.7 Å². The normalized spacial score (nSPS) is 37.2. The quantitative estimate of drug-likeness (QED) is 0.488. The number of rotatable bonds is 1. The van der Waals surface area contributed by atoms with E-state index in [1.807, 2.05) is 6.92 Å². The molecule has 3 atom stereocenters. The molecule has 0 saturated carbocycles. The zero-order valence-corrected chi connectivity index (χ0v) is 6.70. The summed E-state index contributed by atoms with van der Waals surface area (Å²) in [5, 5.41) is 12.3. The standard InChI is InChI=1S/C7H13NO3/c1-4-3-8-5(6(4)9)7(10)11-2/h4-6,8-9H,3H2,1-2H3/t4-,5-,6-/m0/s1. The molecule has 1 heterocycles. The summed E-state index contributed by atoms with van der Waals surface area (Å²) in [6.07, 6.45) is -0.609. The van der Waals surface area contributed by atoms with Crippen LogP contribution in [-0.4, -0.2) is 36.9 Å². The first kappa shape index (κ1) is 8.49. The number of hydrogen-bond acceptors (Lipinski definition) is 4. The highest BCUT2D eigenvalue weighted by atomic mass is 16.5. The molecule has 0 aromatic rings. The van der Waals surface area contributed by atoms with Crippen LogP contribution in [0.5, 0.6) is 0 Å². The zero-order chi connectivity index (χ0) is 8.43.